The predicted molar refractivity (Wildman–Crippen MR) is 58.0 cm³/mol. The molecule has 1 rings (SSSR count). The Labute approximate surface area is 93.8 Å². The molecule has 0 radical (unpaired) electrons. The van der Waals surface area contributed by atoms with Gasteiger partial charge in [-0.15, -0.1) is 0 Å². The summed E-state index contributed by atoms with van der Waals surface area (Å²) in [4.78, 5) is 21.8. The first-order valence-corrected chi connectivity index (χ1v) is 5.10. The van der Waals surface area contributed by atoms with Gasteiger partial charge >= 0.3 is 12.1 Å². The van der Waals surface area contributed by atoms with Gasteiger partial charge in [-0.25, -0.2) is 9.59 Å². The monoisotopic (exact) mass is 225 g/mol. The van der Waals surface area contributed by atoms with Crippen molar-refractivity contribution in [2.75, 3.05) is 6.61 Å². The van der Waals surface area contributed by atoms with Gasteiger partial charge in [0.15, 0.2) is 0 Å². The lowest BCUT2D eigenvalue weighted by Gasteiger charge is -2.20. The molecule has 0 aromatic heterocycles. The second-order valence-corrected chi connectivity index (χ2v) is 3.54. The smallest absolute Gasteiger partial charge is 0.407 e. The second kappa shape index (κ2) is 5.95. The molecule has 0 aliphatic heterocycles. The fourth-order valence-electron chi connectivity index (χ4n) is 1.50. The number of ether oxygens (including phenoxy) is 1. The molecule has 1 aliphatic rings. The van der Waals surface area contributed by atoms with Gasteiger partial charge in [0, 0.05) is 11.6 Å². The van der Waals surface area contributed by atoms with E-state index in [4.69, 9.17) is 9.84 Å². The average molecular weight is 225 g/mol. The minimum atomic E-state index is -0.882. The van der Waals surface area contributed by atoms with Crippen molar-refractivity contribution >= 4 is 12.1 Å². The number of aliphatic carboxylic acids is 1. The maximum absolute atomic E-state index is 11.2. The molecule has 0 saturated heterocycles. The zero-order valence-electron chi connectivity index (χ0n) is 8.94. The summed E-state index contributed by atoms with van der Waals surface area (Å²) in [6.45, 7) is 3.60. The first-order valence-electron chi connectivity index (χ1n) is 5.10. The fraction of sp³-hybridized carbons (Fsp3) is 0.455. The topological polar surface area (TPSA) is 75.6 Å². The maximum Gasteiger partial charge on any atom is 0.407 e. The lowest BCUT2D eigenvalue weighted by molar-refractivity contribution is -0.132. The number of nitrogens with one attached hydrogen (secondary N) is 1. The summed E-state index contributed by atoms with van der Waals surface area (Å²) in [5.41, 5.74) is 0.414. The highest BCUT2D eigenvalue weighted by molar-refractivity contribution is 5.86. The van der Waals surface area contributed by atoms with E-state index in [1.807, 2.05) is 0 Å². The van der Waals surface area contributed by atoms with Crippen LogP contribution >= 0.6 is 0 Å². The van der Waals surface area contributed by atoms with Crippen LogP contribution in [-0.4, -0.2) is 29.8 Å². The van der Waals surface area contributed by atoms with Crippen molar-refractivity contribution in [2.45, 2.75) is 25.3 Å². The summed E-state index contributed by atoms with van der Waals surface area (Å²) < 4.78 is 4.76. The Bertz CT molecular complexity index is 322. The van der Waals surface area contributed by atoms with Crippen molar-refractivity contribution in [3.63, 3.8) is 0 Å². The summed E-state index contributed by atoms with van der Waals surface area (Å²) in [7, 11) is 0. The third-order valence-electron chi connectivity index (χ3n) is 2.34. The number of alkyl carbamates (subject to hydrolysis) is 1. The standard InChI is InChI=1S/C11H15NO4/c1-2-7-16-11(15)12-9-5-3-8(4-6-9)10(13)14/h2-3,9H,1,4-7H2,(H,12,15)(H,13,14). The van der Waals surface area contributed by atoms with Gasteiger partial charge in [-0.2, -0.15) is 0 Å². The van der Waals surface area contributed by atoms with Crippen molar-refractivity contribution in [2.24, 2.45) is 0 Å². The molecule has 2 N–H and O–H groups in total. The molecule has 0 fully saturated rings. The zero-order chi connectivity index (χ0) is 12.0. The average Bonchev–Trinajstić information content (AvgIpc) is 2.27. The van der Waals surface area contributed by atoms with E-state index in [-0.39, 0.29) is 12.6 Å². The number of rotatable bonds is 4. The van der Waals surface area contributed by atoms with Gasteiger partial charge in [-0.05, 0) is 19.3 Å². The van der Waals surface area contributed by atoms with Crippen LogP contribution < -0.4 is 5.32 Å². The number of hydrogen-bond donors (Lipinski definition) is 2. The molecular formula is C11H15NO4. The Morgan fingerprint density at radius 2 is 2.44 bits per heavy atom. The molecule has 0 saturated carbocycles. The molecule has 5 heteroatoms. The van der Waals surface area contributed by atoms with Crippen LogP contribution in [-0.2, 0) is 9.53 Å². The minimum absolute atomic E-state index is 0.0413. The Hall–Kier alpha value is -1.78. The molecule has 0 aromatic carbocycles. The number of carboxylic acids is 1. The fourth-order valence-corrected chi connectivity index (χ4v) is 1.50. The van der Waals surface area contributed by atoms with E-state index in [0.717, 1.165) is 0 Å². The molecule has 1 atom stereocenters. The SMILES string of the molecule is C=CCOC(=O)NC1CC=C(C(=O)O)CC1. The molecule has 0 heterocycles. The Morgan fingerprint density at radius 1 is 1.69 bits per heavy atom. The largest absolute Gasteiger partial charge is 0.478 e. The number of carboxylic acid groups (broad SMARTS) is 1. The van der Waals surface area contributed by atoms with E-state index < -0.39 is 12.1 Å². The third kappa shape index (κ3) is 3.76. The first-order chi connectivity index (χ1) is 7.63. The molecule has 5 nitrogen and oxygen atoms in total. The van der Waals surface area contributed by atoms with Crippen LogP contribution in [0.1, 0.15) is 19.3 Å². The highest BCUT2D eigenvalue weighted by Crippen LogP contribution is 2.18. The molecule has 0 spiro atoms. The number of amides is 1. The van der Waals surface area contributed by atoms with Crippen LogP contribution in [0.3, 0.4) is 0 Å². The maximum atomic E-state index is 11.2. The zero-order valence-corrected chi connectivity index (χ0v) is 8.94. The van der Waals surface area contributed by atoms with E-state index in [2.05, 4.69) is 11.9 Å². The van der Waals surface area contributed by atoms with Gasteiger partial charge in [0.1, 0.15) is 6.61 Å². The van der Waals surface area contributed by atoms with Gasteiger partial charge < -0.3 is 15.2 Å². The number of carbonyl (C=O) groups excluding carboxylic acids is 1. The Morgan fingerprint density at radius 3 is 2.94 bits per heavy atom. The molecule has 16 heavy (non-hydrogen) atoms. The van der Waals surface area contributed by atoms with Crippen LogP contribution in [0.25, 0.3) is 0 Å². The van der Waals surface area contributed by atoms with Crippen molar-refractivity contribution < 1.29 is 19.4 Å². The lowest BCUT2D eigenvalue weighted by Crippen LogP contribution is -2.36. The van der Waals surface area contributed by atoms with Gasteiger partial charge in [0.2, 0.25) is 0 Å². The van der Waals surface area contributed by atoms with Crippen LogP contribution in [0.4, 0.5) is 4.79 Å². The van der Waals surface area contributed by atoms with Crippen LogP contribution in [0.15, 0.2) is 24.3 Å². The molecule has 0 aromatic rings. The van der Waals surface area contributed by atoms with E-state index in [1.165, 1.54) is 6.08 Å². The van der Waals surface area contributed by atoms with E-state index in [0.29, 0.717) is 24.8 Å². The Balaban J connectivity index is 2.34. The minimum Gasteiger partial charge on any atom is -0.478 e. The molecule has 1 amide bonds. The van der Waals surface area contributed by atoms with Crippen molar-refractivity contribution in [1.29, 1.82) is 0 Å². The number of hydrogen-bond acceptors (Lipinski definition) is 3. The summed E-state index contributed by atoms with van der Waals surface area (Å²) in [5, 5.41) is 11.4. The number of carbonyl (C=O) groups is 2. The van der Waals surface area contributed by atoms with Crippen molar-refractivity contribution in [1.82, 2.24) is 5.32 Å². The molecule has 1 aliphatic carbocycles. The van der Waals surface area contributed by atoms with Crippen LogP contribution in [0, 0.1) is 0 Å². The highest BCUT2D eigenvalue weighted by Gasteiger charge is 2.19. The van der Waals surface area contributed by atoms with E-state index in [9.17, 15) is 9.59 Å². The molecule has 1 unspecified atom stereocenters. The van der Waals surface area contributed by atoms with Crippen LogP contribution in [0.5, 0.6) is 0 Å². The van der Waals surface area contributed by atoms with Crippen LogP contribution in [0.2, 0.25) is 0 Å². The van der Waals surface area contributed by atoms with Crippen molar-refractivity contribution in [3.05, 3.63) is 24.3 Å². The quantitative estimate of drug-likeness (QED) is 0.710. The summed E-state index contributed by atoms with van der Waals surface area (Å²) >= 11 is 0. The Kier molecular flexibility index (Phi) is 4.57. The summed E-state index contributed by atoms with van der Waals surface area (Å²) in [6.07, 6.45) is 4.28. The predicted octanol–water partition coefficient (Wildman–Crippen LogP) is 1.46. The first kappa shape index (κ1) is 12.3. The molecule has 0 bridgehead atoms. The van der Waals surface area contributed by atoms with Gasteiger partial charge in [0.25, 0.3) is 0 Å². The lowest BCUT2D eigenvalue weighted by atomic mass is 9.95. The second-order valence-electron chi connectivity index (χ2n) is 3.54. The van der Waals surface area contributed by atoms with E-state index in [1.54, 1.807) is 6.08 Å². The van der Waals surface area contributed by atoms with Gasteiger partial charge in [0.05, 0.1) is 0 Å². The van der Waals surface area contributed by atoms with Gasteiger partial charge in [-0.1, -0.05) is 18.7 Å². The normalized spacial score (nSPS) is 19.5. The summed E-state index contributed by atoms with van der Waals surface area (Å²) in [6, 6.07) is -0.0413. The van der Waals surface area contributed by atoms with Gasteiger partial charge in [-0.3, -0.25) is 0 Å². The third-order valence-corrected chi connectivity index (χ3v) is 2.34. The van der Waals surface area contributed by atoms with E-state index >= 15 is 0 Å². The molecule has 88 valence electrons. The van der Waals surface area contributed by atoms with Crippen molar-refractivity contribution in [3.8, 4) is 0 Å². The summed E-state index contributed by atoms with van der Waals surface area (Å²) in [5.74, 6) is -0.882. The highest BCUT2D eigenvalue weighted by atomic mass is 16.5. The molecular weight excluding hydrogens is 210 g/mol.